The predicted molar refractivity (Wildman–Crippen MR) is 51.9 cm³/mol. The normalized spacial score (nSPS) is 9.50. The fraction of sp³-hybridized carbons (Fsp3) is 0.300. The molecule has 0 saturated heterocycles. The molecule has 0 aliphatic rings. The van der Waals surface area contributed by atoms with Crippen molar-refractivity contribution in [3.05, 3.63) is 30.1 Å². The van der Waals surface area contributed by atoms with Crippen LogP contribution in [0.5, 0.6) is 0 Å². The summed E-state index contributed by atoms with van der Waals surface area (Å²) in [5, 5.41) is 2.57. The van der Waals surface area contributed by atoms with E-state index in [2.05, 4.69) is 10.3 Å². The molecule has 0 aliphatic carbocycles. The molecule has 0 fully saturated rings. The highest BCUT2D eigenvalue weighted by Gasteiger charge is 2.09. The third-order valence-corrected chi connectivity index (χ3v) is 1.70. The molecular weight excluding hydrogens is 180 g/mol. The van der Waals surface area contributed by atoms with Gasteiger partial charge in [0.1, 0.15) is 0 Å². The molecule has 4 heteroatoms. The Bertz CT molecular complexity index is 322. The van der Waals surface area contributed by atoms with Crippen molar-refractivity contribution in [2.75, 3.05) is 6.54 Å². The summed E-state index contributed by atoms with van der Waals surface area (Å²) in [6.45, 7) is 2.36. The second-order valence-corrected chi connectivity index (χ2v) is 2.79. The molecular formula is C10H12N2O2. The lowest BCUT2D eigenvalue weighted by atomic mass is 10.1. The molecule has 0 spiro atoms. The quantitative estimate of drug-likeness (QED) is 0.566. The number of pyridine rings is 1. The first-order valence-corrected chi connectivity index (χ1v) is 4.44. The molecule has 0 aliphatic heterocycles. The van der Waals surface area contributed by atoms with Crippen molar-refractivity contribution in [1.29, 1.82) is 0 Å². The van der Waals surface area contributed by atoms with Gasteiger partial charge >= 0.3 is 0 Å². The third-order valence-electron chi connectivity index (χ3n) is 1.70. The molecule has 0 aromatic carbocycles. The van der Waals surface area contributed by atoms with Crippen molar-refractivity contribution >= 4 is 11.7 Å². The summed E-state index contributed by atoms with van der Waals surface area (Å²) >= 11 is 0. The minimum Gasteiger partial charge on any atom is -0.356 e. The lowest BCUT2D eigenvalue weighted by Gasteiger charge is -2.00. The van der Waals surface area contributed by atoms with Crippen LogP contribution in [-0.2, 0) is 4.79 Å². The van der Waals surface area contributed by atoms with E-state index in [1.54, 1.807) is 12.1 Å². The molecule has 1 aromatic heterocycles. The highest BCUT2D eigenvalue weighted by molar-refractivity contribution is 6.07. The number of Topliss-reactive ketones (excluding diaryl/α,β-unsaturated/α-hetero) is 1. The van der Waals surface area contributed by atoms with Gasteiger partial charge in [0.15, 0.2) is 5.78 Å². The number of ketones is 1. The Morgan fingerprint density at radius 2 is 2.00 bits per heavy atom. The smallest absolute Gasteiger partial charge is 0.227 e. The zero-order chi connectivity index (χ0) is 10.4. The van der Waals surface area contributed by atoms with E-state index < -0.39 is 0 Å². The van der Waals surface area contributed by atoms with Gasteiger partial charge in [0.05, 0.1) is 6.42 Å². The molecule has 0 bridgehead atoms. The van der Waals surface area contributed by atoms with Crippen LogP contribution in [0.3, 0.4) is 0 Å². The van der Waals surface area contributed by atoms with Gasteiger partial charge in [-0.15, -0.1) is 0 Å². The minimum absolute atomic E-state index is 0.0994. The lowest BCUT2D eigenvalue weighted by Crippen LogP contribution is -2.25. The van der Waals surface area contributed by atoms with Gasteiger partial charge in [-0.3, -0.25) is 14.6 Å². The number of nitrogens with one attached hydrogen (secondary N) is 1. The molecule has 1 amide bonds. The average Bonchev–Trinajstić information content (AvgIpc) is 2.19. The fourth-order valence-electron chi connectivity index (χ4n) is 1.05. The van der Waals surface area contributed by atoms with E-state index >= 15 is 0 Å². The van der Waals surface area contributed by atoms with Crippen molar-refractivity contribution in [1.82, 2.24) is 10.3 Å². The number of hydrogen-bond acceptors (Lipinski definition) is 3. The first-order chi connectivity index (χ1) is 6.74. The monoisotopic (exact) mass is 192 g/mol. The molecule has 0 radical (unpaired) electrons. The average molecular weight is 192 g/mol. The van der Waals surface area contributed by atoms with Crippen molar-refractivity contribution in [3.63, 3.8) is 0 Å². The van der Waals surface area contributed by atoms with E-state index in [0.29, 0.717) is 12.1 Å². The Balaban J connectivity index is 2.55. The van der Waals surface area contributed by atoms with E-state index in [-0.39, 0.29) is 18.1 Å². The van der Waals surface area contributed by atoms with E-state index in [9.17, 15) is 9.59 Å². The van der Waals surface area contributed by atoms with Gasteiger partial charge in [0, 0.05) is 24.5 Å². The molecule has 1 heterocycles. The summed E-state index contributed by atoms with van der Waals surface area (Å²) in [6, 6.07) is 3.20. The maximum atomic E-state index is 11.4. The van der Waals surface area contributed by atoms with Gasteiger partial charge in [0.25, 0.3) is 0 Å². The first-order valence-electron chi connectivity index (χ1n) is 4.44. The van der Waals surface area contributed by atoms with Crippen LogP contribution in [0.25, 0.3) is 0 Å². The molecule has 14 heavy (non-hydrogen) atoms. The van der Waals surface area contributed by atoms with E-state index in [4.69, 9.17) is 0 Å². The van der Waals surface area contributed by atoms with Gasteiger partial charge in [-0.1, -0.05) is 0 Å². The molecule has 0 unspecified atom stereocenters. The number of hydrogen-bond donors (Lipinski definition) is 1. The Labute approximate surface area is 82.3 Å². The number of aromatic nitrogens is 1. The van der Waals surface area contributed by atoms with Gasteiger partial charge in [-0.25, -0.2) is 0 Å². The number of rotatable bonds is 4. The van der Waals surface area contributed by atoms with Gasteiger partial charge in [0.2, 0.25) is 5.91 Å². The van der Waals surface area contributed by atoms with Gasteiger partial charge < -0.3 is 5.32 Å². The van der Waals surface area contributed by atoms with Crippen LogP contribution in [-0.4, -0.2) is 23.2 Å². The van der Waals surface area contributed by atoms with Crippen molar-refractivity contribution in [2.24, 2.45) is 0 Å². The Morgan fingerprint density at radius 1 is 1.36 bits per heavy atom. The highest BCUT2D eigenvalue weighted by Crippen LogP contribution is 2.00. The molecule has 74 valence electrons. The van der Waals surface area contributed by atoms with Crippen molar-refractivity contribution in [2.45, 2.75) is 13.3 Å². The molecule has 4 nitrogen and oxygen atoms in total. The van der Waals surface area contributed by atoms with Crippen LogP contribution >= 0.6 is 0 Å². The number of carbonyl (C=O) groups excluding carboxylic acids is 2. The second-order valence-electron chi connectivity index (χ2n) is 2.79. The molecule has 1 rings (SSSR count). The highest BCUT2D eigenvalue weighted by atomic mass is 16.2. The topological polar surface area (TPSA) is 59.1 Å². The SMILES string of the molecule is CCNC(=O)CC(=O)c1ccncc1. The van der Waals surface area contributed by atoms with Crippen molar-refractivity contribution < 1.29 is 9.59 Å². The van der Waals surface area contributed by atoms with Crippen LogP contribution in [0.15, 0.2) is 24.5 Å². The Morgan fingerprint density at radius 3 is 2.57 bits per heavy atom. The Hall–Kier alpha value is -1.71. The molecule has 1 N–H and O–H groups in total. The van der Waals surface area contributed by atoms with Gasteiger partial charge in [-0.2, -0.15) is 0 Å². The molecule has 0 atom stereocenters. The molecule has 1 aromatic rings. The third kappa shape index (κ3) is 2.97. The van der Waals surface area contributed by atoms with Crippen LogP contribution in [0.4, 0.5) is 0 Å². The molecule has 0 saturated carbocycles. The summed E-state index contributed by atoms with van der Waals surface area (Å²) in [5.74, 6) is -0.423. The minimum atomic E-state index is -0.241. The first kappa shape index (κ1) is 10.4. The van der Waals surface area contributed by atoms with Gasteiger partial charge in [-0.05, 0) is 19.1 Å². The van der Waals surface area contributed by atoms with E-state index in [0.717, 1.165) is 0 Å². The fourth-order valence-corrected chi connectivity index (χ4v) is 1.05. The number of carbonyl (C=O) groups is 2. The van der Waals surface area contributed by atoms with Crippen LogP contribution in [0.1, 0.15) is 23.7 Å². The van der Waals surface area contributed by atoms with E-state index in [1.165, 1.54) is 12.4 Å². The maximum absolute atomic E-state index is 11.4. The standard InChI is InChI=1S/C10H12N2O2/c1-2-12-10(14)7-9(13)8-3-5-11-6-4-8/h3-6H,2,7H2,1H3,(H,12,14). The van der Waals surface area contributed by atoms with Crippen LogP contribution in [0.2, 0.25) is 0 Å². The summed E-state index contributed by atoms with van der Waals surface area (Å²) < 4.78 is 0. The van der Waals surface area contributed by atoms with E-state index in [1.807, 2.05) is 6.92 Å². The maximum Gasteiger partial charge on any atom is 0.227 e. The lowest BCUT2D eigenvalue weighted by molar-refractivity contribution is -0.120. The predicted octanol–water partition coefficient (Wildman–Crippen LogP) is 0.790. The number of nitrogens with zero attached hydrogens (tertiary/aromatic N) is 1. The second kappa shape index (κ2) is 5.11. The zero-order valence-electron chi connectivity index (χ0n) is 7.99. The summed E-state index contributed by atoms with van der Waals surface area (Å²) in [4.78, 5) is 26.3. The zero-order valence-corrected chi connectivity index (χ0v) is 7.99. The van der Waals surface area contributed by atoms with Crippen molar-refractivity contribution in [3.8, 4) is 0 Å². The summed E-state index contributed by atoms with van der Waals surface area (Å²) in [7, 11) is 0. The Kier molecular flexibility index (Phi) is 3.79. The number of amides is 1. The summed E-state index contributed by atoms with van der Waals surface area (Å²) in [5.41, 5.74) is 0.520. The largest absolute Gasteiger partial charge is 0.356 e. The van der Waals surface area contributed by atoms with Crippen LogP contribution in [0, 0.1) is 0 Å². The van der Waals surface area contributed by atoms with Crippen LogP contribution < -0.4 is 5.32 Å². The summed E-state index contributed by atoms with van der Waals surface area (Å²) in [6.07, 6.45) is 2.97.